The van der Waals surface area contributed by atoms with Crippen LogP contribution in [0.2, 0.25) is 0 Å². The van der Waals surface area contributed by atoms with Crippen molar-refractivity contribution in [3.05, 3.63) is 10.4 Å². The van der Waals surface area contributed by atoms with E-state index in [9.17, 15) is 30.3 Å². The van der Waals surface area contributed by atoms with Crippen LogP contribution in [0, 0.1) is 11.8 Å². The fourth-order valence-corrected chi connectivity index (χ4v) is 8.30. The number of aliphatic hydroxyl groups is 5. The van der Waals surface area contributed by atoms with E-state index in [1.54, 1.807) is 53.5 Å². The molecule has 3 heterocycles. The molecule has 17 nitrogen and oxygen atoms in total. The molecule has 0 saturated carbocycles. The largest absolute Gasteiger partial charge is 0.459 e. The van der Waals surface area contributed by atoms with Gasteiger partial charge in [-0.25, -0.2) is 0 Å². The molecule has 0 aromatic rings. The molecule has 0 aliphatic carbocycles. The minimum Gasteiger partial charge on any atom is -0.459 e. The molecule has 0 amide bonds. The highest BCUT2D eigenvalue weighted by Crippen LogP contribution is 2.38. The van der Waals surface area contributed by atoms with Gasteiger partial charge in [-0.15, -0.1) is 0 Å². The van der Waals surface area contributed by atoms with Crippen molar-refractivity contribution in [2.75, 3.05) is 34.4 Å². The average molecular weight is 776 g/mol. The molecule has 5 N–H and O–H groups in total. The number of carbonyl (C=O) groups excluding carboxylic acids is 1. The van der Waals surface area contributed by atoms with Crippen molar-refractivity contribution in [3.63, 3.8) is 0 Å². The Bertz CT molecular complexity index is 1260. The number of ether oxygens (including phenoxy) is 6. The Kier molecular flexibility index (Phi) is 16.6. The van der Waals surface area contributed by atoms with E-state index in [0.29, 0.717) is 13.0 Å². The first-order valence-corrected chi connectivity index (χ1v) is 19.3. The zero-order chi connectivity index (χ0) is 40.9. The van der Waals surface area contributed by atoms with Gasteiger partial charge in [0.15, 0.2) is 12.6 Å². The van der Waals surface area contributed by atoms with E-state index >= 15 is 0 Å². The predicted molar refractivity (Wildman–Crippen MR) is 198 cm³/mol. The number of rotatable bonds is 9. The van der Waals surface area contributed by atoms with Crippen LogP contribution >= 0.6 is 0 Å². The molecule has 0 unspecified atom stereocenters. The first-order chi connectivity index (χ1) is 25.0. The molecule has 17 atom stereocenters. The van der Waals surface area contributed by atoms with E-state index in [4.69, 9.17) is 34.0 Å². The maximum Gasteiger partial charge on any atom is 0.311 e. The molecule has 3 saturated heterocycles. The molecule has 3 fully saturated rings. The van der Waals surface area contributed by atoms with Crippen molar-refractivity contribution in [2.24, 2.45) is 17.0 Å². The summed E-state index contributed by atoms with van der Waals surface area (Å²) in [7, 11) is 5.03. The van der Waals surface area contributed by atoms with Crippen molar-refractivity contribution >= 4 is 5.97 Å². The second kappa shape index (κ2) is 19.2. The molecule has 0 spiro atoms. The summed E-state index contributed by atoms with van der Waals surface area (Å²) in [6, 6.07) is -1.07. The van der Waals surface area contributed by atoms with Crippen molar-refractivity contribution < 1.29 is 58.7 Å². The molecule has 3 rings (SSSR count). The summed E-state index contributed by atoms with van der Waals surface area (Å²) in [4.78, 5) is 20.5. The Morgan fingerprint density at radius 2 is 1.67 bits per heavy atom. The lowest BCUT2D eigenvalue weighted by Gasteiger charge is -2.47. The molecule has 3 aliphatic rings. The molecular weight excluding hydrogens is 706 g/mol. The van der Waals surface area contributed by atoms with Gasteiger partial charge in [0.05, 0.1) is 48.2 Å². The topological polar surface area (TPSA) is 229 Å². The van der Waals surface area contributed by atoms with E-state index in [1.165, 1.54) is 14.0 Å². The van der Waals surface area contributed by atoms with Crippen molar-refractivity contribution in [1.82, 2.24) is 9.80 Å². The number of carbonyl (C=O) groups is 1. The van der Waals surface area contributed by atoms with Gasteiger partial charge in [-0.2, -0.15) is 0 Å². The minimum absolute atomic E-state index is 0.00699. The van der Waals surface area contributed by atoms with Crippen LogP contribution in [0.3, 0.4) is 0 Å². The number of hydrogen-bond donors (Lipinski definition) is 5. The number of hydrogen-bond acceptors (Lipinski definition) is 15. The molecule has 17 heteroatoms. The Hall–Kier alpha value is -1.70. The highest BCUT2D eigenvalue weighted by molar-refractivity contribution is 5.73. The minimum atomic E-state index is -1.82. The third-order valence-electron chi connectivity index (χ3n) is 12.1. The molecular formula is C37H69N5O12. The van der Waals surface area contributed by atoms with Gasteiger partial charge in [-0.3, -0.25) is 9.69 Å². The maximum atomic E-state index is 14.1. The molecule has 0 bridgehead atoms. The lowest BCUT2D eigenvalue weighted by atomic mass is 9.83. The van der Waals surface area contributed by atoms with Crippen LogP contribution in [0.1, 0.15) is 94.4 Å². The van der Waals surface area contributed by atoms with Gasteiger partial charge in [-0.05, 0) is 93.3 Å². The van der Waals surface area contributed by atoms with Gasteiger partial charge in [0.1, 0.15) is 30.0 Å². The number of esters is 1. The van der Waals surface area contributed by atoms with Gasteiger partial charge >= 0.3 is 5.97 Å². The number of azide groups is 1. The lowest BCUT2D eigenvalue weighted by Crippen LogP contribution is -2.59. The standard InChI is InChI=1S/C37H69N5O12/c1-13-27-37(9,48)31(44)23(5)41(10)18-20(2)16-35(7,47)28(54-34-30(43)25(14-21(3)50-34)42(11)19-39-40-38)15-26(22(4)33(46)53-27)52-29-17-36(8,49-12)32(45)24(6)51-29/h20-32,34,43-45,47-48H,13-19H2,1-12H3/t20-,21-,22-,23-,24+,25+,26+,27-,28-,29+,30-,31-,32+,34+,35-,36-,37-/m1/s1. The monoisotopic (exact) mass is 775 g/mol. The van der Waals surface area contributed by atoms with Crippen molar-refractivity contribution in [2.45, 2.75) is 185 Å². The van der Waals surface area contributed by atoms with Gasteiger partial charge in [0.25, 0.3) is 0 Å². The van der Waals surface area contributed by atoms with Crippen molar-refractivity contribution in [3.8, 4) is 0 Å². The lowest BCUT2D eigenvalue weighted by molar-refractivity contribution is -0.308. The van der Waals surface area contributed by atoms with Crippen LogP contribution in [-0.4, -0.2) is 166 Å². The summed E-state index contributed by atoms with van der Waals surface area (Å²) in [6.07, 6.45) is -9.13. The molecule has 314 valence electrons. The fraction of sp³-hybridized carbons (Fsp3) is 0.973. The SMILES string of the molecule is CC[C@H]1OC(=O)[C@H](C)[C@@H](O[C@H]2C[C@@](C)(OC)[C@@H](O)[C@H](C)O2)C[C@@H](O[C@@H]2O[C@H](C)C[C@H](N(C)CN=[N+]=[N-])[C@H]2O)[C@](C)(O)C[C@@H](C)CN(C)[C@H](C)[C@@H](O)[C@]1(C)O. The van der Waals surface area contributed by atoms with Gasteiger partial charge in [0, 0.05) is 43.5 Å². The van der Waals surface area contributed by atoms with E-state index < -0.39 is 96.1 Å². The molecule has 0 aromatic carbocycles. The van der Waals surface area contributed by atoms with Crippen LogP contribution < -0.4 is 0 Å². The number of nitrogens with zero attached hydrogens (tertiary/aromatic N) is 5. The van der Waals surface area contributed by atoms with Gasteiger partial charge in [0.2, 0.25) is 0 Å². The smallest absolute Gasteiger partial charge is 0.311 e. The van der Waals surface area contributed by atoms with E-state index in [-0.39, 0.29) is 44.4 Å². The number of aliphatic hydroxyl groups excluding tert-OH is 3. The molecule has 0 radical (unpaired) electrons. The second-order valence-corrected chi connectivity index (χ2v) is 16.8. The number of methoxy groups -OCH3 is 1. The second-order valence-electron chi connectivity index (χ2n) is 16.8. The average Bonchev–Trinajstić information content (AvgIpc) is 3.10. The van der Waals surface area contributed by atoms with Crippen LogP contribution in [0.25, 0.3) is 10.4 Å². The quantitative estimate of drug-likeness (QED) is 0.0981. The first kappa shape index (κ1) is 46.7. The van der Waals surface area contributed by atoms with E-state index in [1.807, 2.05) is 25.8 Å². The number of likely N-dealkylation sites (N-methyl/N-ethyl adjacent to an activating group) is 2. The molecule has 54 heavy (non-hydrogen) atoms. The third kappa shape index (κ3) is 11.0. The van der Waals surface area contributed by atoms with Gasteiger partial charge < -0.3 is 58.9 Å². The molecule has 3 aliphatic heterocycles. The number of cyclic esters (lactones) is 1. The van der Waals surface area contributed by atoms with E-state index in [0.717, 1.165) is 0 Å². The Morgan fingerprint density at radius 1 is 1.02 bits per heavy atom. The predicted octanol–water partition coefficient (Wildman–Crippen LogP) is 2.29. The van der Waals surface area contributed by atoms with Gasteiger partial charge in [-0.1, -0.05) is 19.0 Å². The van der Waals surface area contributed by atoms with Crippen LogP contribution in [0.4, 0.5) is 0 Å². The fourth-order valence-electron chi connectivity index (χ4n) is 8.30. The van der Waals surface area contributed by atoms with Crippen molar-refractivity contribution in [1.29, 1.82) is 0 Å². The Balaban J connectivity index is 2.12. The highest BCUT2D eigenvalue weighted by atomic mass is 16.7. The maximum absolute atomic E-state index is 14.1. The summed E-state index contributed by atoms with van der Waals surface area (Å²) >= 11 is 0. The Morgan fingerprint density at radius 3 is 2.26 bits per heavy atom. The van der Waals surface area contributed by atoms with Crippen LogP contribution in [0.15, 0.2) is 5.11 Å². The summed E-state index contributed by atoms with van der Waals surface area (Å²) in [5.74, 6) is -1.93. The summed E-state index contributed by atoms with van der Waals surface area (Å²) < 4.78 is 37.1. The zero-order valence-corrected chi connectivity index (χ0v) is 34.4. The Labute approximate surface area is 320 Å². The first-order valence-electron chi connectivity index (χ1n) is 19.3. The zero-order valence-electron chi connectivity index (χ0n) is 34.4. The summed E-state index contributed by atoms with van der Waals surface area (Å²) in [6.45, 7) is 15.9. The summed E-state index contributed by atoms with van der Waals surface area (Å²) in [5, 5.41) is 61.7. The third-order valence-corrected chi connectivity index (χ3v) is 12.1. The highest BCUT2D eigenvalue weighted by Gasteiger charge is 2.50. The van der Waals surface area contributed by atoms with Crippen LogP contribution in [-0.2, 0) is 33.2 Å². The normalized spacial score (nSPS) is 46.6. The van der Waals surface area contributed by atoms with E-state index in [2.05, 4.69) is 10.0 Å². The van der Waals surface area contributed by atoms with Crippen LogP contribution in [0.5, 0.6) is 0 Å². The molecule has 0 aromatic heterocycles. The summed E-state index contributed by atoms with van der Waals surface area (Å²) in [5.41, 5.74) is 4.44.